The van der Waals surface area contributed by atoms with Crippen molar-refractivity contribution in [3.8, 4) is 0 Å². The van der Waals surface area contributed by atoms with Crippen molar-refractivity contribution < 1.29 is 4.79 Å². The van der Waals surface area contributed by atoms with Gasteiger partial charge in [-0.1, -0.05) is 30.3 Å². The third kappa shape index (κ3) is 3.28. The Balaban J connectivity index is 1.58. The molecule has 2 heterocycles. The zero-order chi connectivity index (χ0) is 18.8. The number of hydrogen-bond donors (Lipinski definition) is 0. The summed E-state index contributed by atoms with van der Waals surface area (Å²) in [6.07, 6.45) is 4.14. The summed E-state index contributed by atoms with van der Waals surface area (Å²) in [6, 6.07) is 16.3. The van der Waals surface area contributed by atoms with Crippen molar-refractivity contribution in [2.45, 2.75) is 20.3 Å². The lowest BCUT2D eigenvalue weighted by Crippen LogP contribution is -2.30. The number of aromatic nitrogens is 2. The summed E-state index contributed by atoms with van der Waals surface area (Å²) >= 11 is 0. The topological polar surface area (TPSA) is 49.3 Å². The van der Waals surface area contributed by atoms with Gasteiger partial charge < -0.3 is 9.80 Å². The number of hydrogen-bond acceptors (Lipinski definition) is 4. The number of para-hydroxylation sites is 1. The number of nitrogens with zero attached hydrogens (tertiary/aromatic N) is 4. The standard InChI is InChI=1S/C22H22N4O/c1-3-25(18-9-6-7-16(2)13-18)21-15-23-19(14-24-21)22(27)26-12-11-17-8-4-5-10-20(17)26/h4-10,13-15H,3,11-12H2,1-2H3. The summed E-state index contributed by atoms with van der Waals surface area (Å²) in [7, 11) is 0. The summed E-state index contributed by atoms with van der Waals surface area (Å²) in [5.74, 6) is 0.638. The molecule has 1 amide bonds. The third-order valence-electron chi connectivity index (χ3n) is 4.90. The maximum Gasteiger partial charge on any atom is 0.278 e. The SMILES string of the molecule is CCN(c1cccc(C)c1)c1cnc(C(=O)N2CCc3ccccc32)cn1. The maximum atomic E-state index is 12.9. The fourth-order valence-electron chi connectivity index (χ4n) is 3.53. The van der Waals surface area contributed by atoms with E-state index in [0.29, 0.717) is 12.2 Å². The quantitative estimate of drug-likeness (QED) is 0.703. The molecule has 0 aliphatic carbocycles. The Morgan fingerprint density at radius 2 is 1.96 bits per heavy atom. The molecule has 27 heavy (non-hydrogen) atoms. The minimum absolute atomic E-state index is 0.0994. The molecule has 0 unspecified atom stereocenters. The van der Waals surface area contributed by atoms with Gasteiger partial charge in [0.2, 0.25) is 0 Å². The Morgan fingerprint density at radius 3 is 2.70 bits per heavy atom. The van der Waals surface area contributed by atoms with Gasteiger partial charge in [0.05, 0.1) is 12.4 Å². The second-order valence-corrected chi connectivity index (χ2v) is 6.68. The normalized spacial score (nSPS) is 12.7. The fraction of sp³-hybridized carbons (Fsp3) is 0.227. The van der Waals surface area contributed by atoms with Gasteiger partial charge in [0, 0.05) is 24.5 Å². The van der Waals surface area contributed by atoms with Crippen molar-refractivity contribution in [2.24, 2.45) is 0 Å². The molecule has 0 bridgehead atoms. The molecule has 1 aliphatic rings. The highest BCUT2D eigenvalue weighted by Crippen LogP contribution is 2.29. The molecule has 5 nitrogen and oxygen atoms in total. The van der Waals surface area contributed by atoms with Crippen molar-refractivity contribution in [3.05, 3.63) is 77.7 Å². The van der Waals surface area contributed by atoms with Gasteiger partial charge in [-0.2, -0.15) is 0 Å². The van der Waals surface area contributed by atoms with Crippen molar-refractivity contribution >= 4 is 23.1 Å². The Labute approximate surface area is 159 Å². The monoisotopic (exact) mass is 358 g/mol. The minimum Gasteiger partial charge on any atom is -0.325 e. The second-order valence-electron chi connectivity index (χ2n) is 6.68. The smallest absolute Gasteiger partial charge is 0.278 e. The average Bonchev–Trinajstić information content (AvgIpc) is 3.13. The van der Waals surface area contributed by atoms with Crippen LogP contribution in [-0.4, -0.2) is 29.0 Å². The first kappa shape index (κ1) is 17.2. The predicted molar refractivity (Wildman–Crippen MR) is 108 cm³/mol. The van der Waals surface area contributed by atoms with E-state index in [1.54, 1.807) is 17.3 Å². The Bertz CT molecular complexity index is 968. The van der Waals surface area contributed by atoms with E-state index < -0.39 is 0 Å². The molecular weight excluding hydrogens is 336 g/mol. The van der Waals surface area contributed by atoms with Gasteiger partial charge >= 0.3 is 0 Å². The minimum atomic E-state index is -0.0994. The molecule has 0 atom stereocenters. The lowest BCUT2D eigenvalue weighted by atomic mass is 10.2. The summed E-state index contributed by atoms with van der Waals surface area (Å²) in [5, 5.41) is 0. The van der Waals surface area contributed by atoms with Crippen molar-refractivity contribution in [1.29, 1.82) is 0 Å². The van der Waals surface area contributed by atoms with Gasteiger partial charge in [-0.3, -0.25) is 4.79 Å². The molecule has 1 aliphatic heterocycles. The van der Waals surface area contributed by atoms with Crippen molar-refractivity contribution in [1.82, 2.24) is 9.97 Å². The first-order chi connectivity index (χ1) is 13.2. The van der Waals surface area contributed by atoms with Crippen LogP contribution in [0.5, 0.6) is 0 Å². The number of carbonyl (C=O) groups excluding carboxylic acids is 1. The molecule has 5 heteroatoms. The first-order valence-corrected chi connectivity index (χ1v) is 9.23. The van der Waals surface area contributed by atoms with Crippen LogP contribution in [0, 0.1) is 6.92 Å². The van der Waals surface area contributed by atoms with Crippen LogP contribution in [0.4, 0.5) is 17.2 Å². The Morgan fingerprint density at radius 1 is 1.11 bits per heavy atom. The number of rotatable bonds is 4. The average molecular weight is 358 g/mol. The summed E-state index contributed by atoms with van der Waals surface area (Å²) in [6.45, 7) is 5.60. The van der Waals surface area contributed by atoms with Gasteiger partial charge in [0.15, 0.2) is 5.82 Å². The van der Waals surface area contributed by atoms with Gasteiger partial charge in [-0.15, -0.1) is 0 Å². The maximum absolute atomic E-state index is 12.9. The summed E-state index contributed by atoms with van der Waals surface area (Å²) in [5.41, 5.74) is 4.81. The first-order valence-electron chi connectivity index (χ1n) is 9.23. The van der Waals surface area contributed by atoms with Crippen LogP contribution in [-0.2, 0) is 6.42 Å². The molecule has 0 fully saturated rings. The van der Waals surface area contributed by atoms with E-state index in [4.69, 9.17) is 0 Å². The van der Waals surface area contributed by atoms with Crippen LogP contribution in [0.2, 0.25) is 0 Å². The molecule has 2 aromatic carbocycles. The number of benzene rings is 2. The van der Waals surface area contributed by atoms with E-state index in [9.17, 15) is 4.79 Å². The number of amides is 1. The van der Waals surface area contributed by atoms with Gasteiger partial charge in [0.1, 0.15) is 5.69 Å². The van der Waals surface area contributed by atoms with Gasteiger partial charge in [-0.25, -0.2) is 9.97 Å². The van der Waals surface area contributed by atoms with E-state index in [0.717, 1.165) is 30.2 Å². The van der Waals surface area contributed by atoms with E-state index in [1.165, 1.54) is 11.1 Å². The molecule has 0 N–H and O–H groups in total. The molecule has 0 saturated heterocycles. The molecule has 3 aromatic rings. The van der Waals surface area contributed by atoms with Crippen LogP contribution < -0.4 is 9.80 Å². The number of anilines is 3. The zero-order valence-corrected chi connectivity index (χ0v) is 15.6. The van der Waals surface area contributed by atoms with Crippen LogP contribution >= 0.6 is 0 Å². The van der Waals surface area contributed by atoms with Crippen LogP contribution in [0.15, 0.2) is 60.9 Å². The molecule has 1 aromatic heterocycles. The van der Waals surface area contributed by atoms with Crippen LogP contribution in [0.3, 0.4) is 0 Å². The zero-order valence-electron chi connectivity index (χ0n) is 15.6. The van der Waals surface area contributed by atoms with E-state index in [2.05, 4.69) is 53.0 Å². The molecule has 136 valence electrons. The second kappa shape index (κ2) is 7.19. The molecule has 4 rings (SSSR count). The highest BCUT2D eigenvalue weighted by molar-refractivity contribution is 6.05. The predicted octanol–water partition coefficient (Wildman–Crippen LogP) is 4.15. The highest BCUT2D eigenvalue weighted by atomic mass is 16.2. The number of fused-ring (bicyclic) bond motifs is 1. The molecule has 0 spiro atoms. The van der Waals surface area contributed by atoms with Crippen molar-refractivity contribution in [3.63, 3.8) is 0 Å². The summed E-state index contributed by atoms with van der Waals surface area (Å²) < 4.78 is 0. The van der Waals surface area contributed by atoms with E-state index in [-0.39, 0.29) is 5.91 Å². The third-order valence-corrected chi connectivity index (χ3v) is 4.90. The van der Waals surface area contributed by atoms with Gasteiger partial charge in [0.25, 0.3) is 5.91 Å². The largest absolute Gasteiger partial charge is 0.325 e. The van der Waals surface area contributed by atoms with Gasteiger partial charge in [-0.05, 0) is 49.6 Å². The number of carbonyl (C=O) groups is 1. The van der Waals surface area contributed by atoms with Crippen molar-refractivity contribution in [2.75, 3.05) is 22.9 Å². The Hall–Kier alpha value is -3.21. The number of aryl methyl sites for hydroxylation is 1. The Kier molecular flexibility index (Phi) is 4.59. The van der Waals surface area contributed by atoms with E-state index in [1.807, 2.05) is 24.3 Å². The molecular formula is C22H22N4O. The molecule has 0 radical (unpaired) electrons. The lowest BCUT2D eigenvalue weighted by Gasteiger charge is -2.22. The van der Waals surface area contributed by atoms with Crippen LogP contribution in [0.25, 0.3) is 0 Å². The lowest BCUT2D eigenvalue weighted by molar-refractivity contribution is 0.0984. The fourth-order valence-corrected chi connectivity index (χ4v) is 3.53. The van der Waals surface area contributed by atoms with Crippen LogP contribution in [0.1, 0.15) is 28.5 Å². The summed E-state index contributed by atoms with van der Waals surface area (Å²) in [4.78, 5) is 25.7. The molecule has 0 saturated carbocycles. The van der Waals surface area contributed by atoms with E-state index >= 15 is 0 Å². The highest BCUT2D eigenvalue weighted by Gasteiger charge is 2.26.